The number of rotatable bonds is 8. The molecule has 1 N–H and O–H groups in total. The molecule has 5 heteroatoms. The van der Waals surface area contributed by atoms with Crippen LogP contribution in [0.4, 0.5) is 0 Å². The molecule has 310 valence electrons. The zero-order chi connectivity index (χ0) is 43.3. The fourth-order valence-electron chi connectivity index (χ4n) is 8.45. The Kier molecular flexibility index (Phi) is 11.4. The molecule has 0 saturated heterocycles. The van der Waals surface area contributed by atoms with E-state index in [0.29, 0.717) is 11.4 Å². The number of imidazole rings is 1. The van der Waals surface area contributed by atoms with Gasteiger partial charge in [-0.25, -0.2) is 4.98 Å². The van der Waals surface area contributed by atoms with Crippen LogP contribution in [0.5, 0.6) is 5.75 Å². The predicted octanol–water partition coefficient (Wildman–Crippen LogP) is 15.0. The van der Waals surface area contributed by atoms with E-state index in [4.69, 9.17) is 11.3 Å². The molecule has 0 atom stereocenters. The number of nitrogens with zero attached hydrogens (tertiary/aromatic N) is 3. The fraction of sp³-hybridized carbons (Fsp3) is 0.158. The third kappa shape index (κ3) is 8.20. The van der Waals surface area contributed by atoms with Gasteiger partial charge in [-0.3, -0.25) is 9.55 Å². The number of fused-ring (bicyclic) bond motifs is 1. The van der Waals surface area contributed by atoms with Crippen LogP contribution < -0.4 is 0 Å². The van der Waals surface area contributed by atoms with Crippen molar-refractivity contribution >= 4 is 11.0 Å². The van der Waals surface area contributed by atoms with Crippen LogP contribution in [0.2, 0.25) is 0 Å². The zero-order valence-corrected chi connectivity index (χ0v) is 38.5. The van der Waals surface area contributed by atoms with E-state index < -0.39 is 5.89 Å². The first-order chi connectivity index (χ1) is 29.7. The summed E-state index contributed by atoms with van der Waals surface area (Å²) in [5.74, 6) is 0.207. The van der Waals surface area contributed by atoms with E-state index in [-0.39, 0.29) is 32.2 Å². The molecule has 0 aliphatic heterocycles. The third-order valence-corrected chi connectivity index (χ3v) is 11.6. The topological polar surface area (TPSA) is 50.9 Å². The number of aromatic nitrogens is 3. The van der Waals surface area contributed by atoms with Gasteiger partial charge in [-0.15, -0.1) is 23.8 Å². The summed E-state index contributed by atoms with van der Waals surface area (Å²) in [6.07, 6.45) is 1.86. The van der Waals surface area contributed by atoms with Gasteiger partial charge >= 0.3 is 0 Å². The van der Waals surface area contributed by atoms with Crippen molar-refractivity contribution in [3.63, 3.8) is 0 Å². The van der Waals surface area contributed by atoms with Gasteiger partial charge in [0.1, 0.15) is 11.6 Å². The summed E-state index contributed by atoms with van der Waals surface area (Å²) < 4.78 is 10.7. The third-order valence-electron chi connectivity index (χ3n) is 11.6. The van der Waals surface area contributed by atoms with E-state index in [2.05, 4.69) is 160 Å². The Morgan fingerprint density at radius 3 is 2.00 bits per heavy atom. The van der Waals surface area contributed by atoms with Gasteiger partial charge in [0.25, 0.3) is 0 Å². The van der Waals surface area contributed by atoms with Crippen LogP contribution in [-0.2, 0) is 26.5 Å². The smallest absolute Gasteiger partial charge is 0.148 e. The largest absolute Gasteiger partial charge is 0.507 e. The van der Waals surface area contributed by atoms with Crippen molar-refractivity contribution in [2.45, 2.75) is 59.8 Å². The first kappa shape index (κ1) is 41.0. The maximum absolute atomic E-state index is 11.7. The maximum atomic E-state index is 11.7. The minimum Gasteiger partial charge on any atom is -0.507 e. The van der Waals surface area contributed by atoms with Crippen molar-refractivity contribution in [3.05, 3.63) is 192 Å². The summed E-state index contributed by atoms with van der Waals surface area (Å²) >= 11 is 0. The average Bonchev–Trinajstić information content (AvgIpc) is 3.67. The van der Waals surface area contributed by atoms with Gasteiger partial charge in [-0.05, 0) is 106 Å². The molecule has 2 aromatic heterocycles. The number of phenolic OH excluding ortho intramolecular Hbond substituents is 1. The number of para-hydroxylation sites is 1. The minimum atomic E-state index is -0.674. The van der Waals surface area contributed by atoms with Gasteiger partial charge in [0.05, 0.1) is 16.6 Å². The van der Waals surface area contributed by atoms with E-state index in [1.165, 1.54) is 16.7 Å². The van der Waals surface area contributed by atoms with E-state index >= 15 is 0 Å². The van der Waals surface area contributed by atoms with Crippen LogP contribution in [0.3, 0.4) is 0 Å². The maximum Gasteiger partial charge on any atom is 0.148 e. The Hall–Kier alpha value is -6.35. The number of hydrogen-bond acceptors (Lipinski definition) is 3. The Bertz CT molecular complexity index is 3110. The summed E-state index contributed by atoms with van der Waals surface area (Å²) in [4.78, 5) is 10.4. The van der Waals surface area contributed by atoms with E-state index in [0.717, 1.165) is 78.0 Å². The molecule has 7 aromatic carbocycles. The molecule has 0 saturated carbocycles. The monoisotopic (exact) mass is 988 g/mol. The van der Waals surface area contributed by atoms with Crippen molar-refractivity contribution in [3.8, 4) is 78.6 Å². The van der Waals surface area contributed by atoms with Gasteiger partial charge in [0, 0.05) is 40.0 Å². The van der Waals surface area contributed by atoms with Crippen molar-refractivity contribution in [2.24, 2.45) is 0 Å². The van der Waals surface area contributed by atoms with Gasteiger partial charge in [-0.1, -0.05) is 167 Å². The molecule has 9 rings (SSSR count). The standard InChI is InChI=1S/C57H50N3O.Pt/c1-36(2)39-21-23-41(24-22-39)43-27-28-58-52(34-43)46-32-44(40-15-10-8-11-16-40)31-45(33-46)49-19-14-20-53-54(49)59-56(50-30-37(3)29-38(4)55(50)61)60(53)47-25-26-48(42-17-12-9-13-18-42)51(35-47)57(5,6)7;/h8-32,34-36,61H,1-7H3;/q-1;/i36D;. The molecule has 2 heterocycles. The Morgan fingerprint density at radius 2 is 1.31 bits per heavy atom. The Balaban J connectivity index is 0.00000544. The molecule has 0 aliphatic carbocycles. The summed E-state index contributed by atoms with van der Waals surface area (Å²) in [7, 11) is 0. The minimum absolute atomic E-state index is 0. The average molecular weight is 989 g/mol. The fourth-order valence-corrected chi connectivity index (χ4v) is 8.45. The predicted molar refractivity (Wildman–Crippen MR) is 254 cm³/mol. The van der Waals surface area contributed by atoms with Crippen LogP contribution in [0.15, 0.2) is 164 Å². The normalized spacial score (nSPS) is 12.0. The van der Waals surface area contributed by atoms with Crippen LogP contribution in [0, 0.1) is 19.9 Å². The molecule has 0 bridgehead atoms. The molecule has 0 fully saturated rings. The molecule has 0 amide bonds. The van der Waals surface area contributed by atoms with Crippen molar-refractivity contribution < 1.29 is 27.5 Å². The van der Waals surface area contributed by atoms with E-state index in [1.54, 1.807) is 0 Å². The SMILES string of the molecule is [2H]C(C)(C)c1ccc(-c2ccnc(-c3[c-]c(-c4cccc5c4nc(-c4cc(C)cc(C)c4O)n5-c4ccc(-c5ccccc5)c(C(C)(C)C)c4)cc(-c4ccccc4)c3)c2)cc1.[Pt]. The van der Waals surface area contributed by atoms with Crippen LogP contribution in [0.25, 0.3) is 83.9 Å². The quantitative estimate of drug-likeness (QED) is 0.154. The van der Waals surface area contributed by atoms with Gasteiger partial charge in [0.2, 0.25) is 0 Å². The summed E-state index contributed by atoms with van der Waals surface area (Å²) in [6.45, 7) is 14.6. The first-order valence-electron chi connectivity index (χ1n) is 21.5. The summed E-state index contributed by atoms with van der Waals surface area (Å²) in [5.41, 5.74) is 17.3. The van der Waals surface area contributed by atoms with Crippen molar-refractivity contribution in [2.75, 3.05) is 0 Å². The number of pyridine rings is 1. The van der Waals surface area contributed by atoms with E-state index in [9.17, 15) is 5.11 Å². The molecule has 62 heavy (non-hydrogen) atoms. The first-order valence-corrected chi connectivity index (χ1v) is 21.0. The Labute approximate surface area is 381 Å². The zero-order valence-electron chi connectivity index (χ0n) is 37.2. The summed E-state index contributed by atoms with van der Waals surface area (Å²) in [5, 5.41) is 11.7. The van der Waals surface area contributed by atoms with Crippen molar-refractivity contribution in [1.29, 1.82) is 0 Å². The molecular weight excluding hydrogens is 938 g/mol. The number of benzene rings is 7. The molecule has 0 aliphatic rings. The second kappa shape index (κ2) is 17.2. The van der Waals surface area contributed by atoms with E-state index in [1.807, 2.05) is 63.4 Å². The second-order valence-electron chi connectivity index (χ2n) is 17.3. The molecule has 4 nitrogen and oxygen atoms in total. The van der Waals surface area contributed by atoms with Crippen molar-refractivity contribution in [1.82, 2.24) is 14.5 Å². The number of hydrogen-bond donors (Lipinski definition) is 1. The van der Waals surface area contributed by atoms with Crippen LogP contribution in [0.1, 0.15) is 64.1 Å². The van der Waals surface area contributed by atoms with Crippen LogP contribution in [-0.4, -0.2) is 19.6 Å². The van der Waals surface area contributed by atoms with Gasteiger partial charge in [0.15, 0.2) is 0 Å². The number of phenols is 1. The summed E-state index contributed by atoms with van der Waals surface area (Å²) in [6, 6.07) is 58.6. The molecular formula is C57H50N3OPt-. The molecule has 0 radical (unpaired) electrons. The van der Waals surface area contributed by atoms with Gasteiger partial charge in [-0.2, -0.15) is 0 Å². The van der Waals surface area contributed by atoms with Gasteiger partial charge < -0.3 is 5.11 Å². The molecule has 9 aromatic rings. The molecule has 0 unspecified atom stereocenters. The number of aryl methyl sites for hydroxylation is 2. The molecule has 0 spiro atoms. The van der Waals surface area contributed by atoms with Crippen LogP contribution >= 0.6 is 0 Å². The number of aromatic hydroxyl groups is 1. The second-order valence-corrected chi connectivity index (χ2v) is 17.3. The Morgan fingerprint density at radius 1 is 0.629 bits per heavy atom.